The first-order valence-corrected chi connectivity index (χ1v) is 14.2. The van der Waals surface area contributed by atoms with E-state index in [2.05, 4.69) is 15.2 Å². The van der Waals surface area contributed by atoms with E-state index >= 15 is 0 Å². The first-order valence-electron chi connectivity index (χ1n) is 10.5. The van der Waals surface area contributed by atoms with Crippen LogP contribution < -0.4 is 10.5 Å². The van der Waals surface area contributed by atoms with Crippen molar-refractivity contribution in [2.45, 2.75) is 9.79 Å². The Morgan fingerprint density at radius 1 is 0.895 bits per heavy atom. The van der Waals surface area contributed by atoms with Gasteiger partial charge in [0.1, 0.15) is 16.3 Å². The molecule has 0 fully saturated rings. The maximum Gasteiger partial charge on any atom is 0.296 e. The standard InChI is InChI=1S/C23H16N4O8S3/c24-16-11-15(37(29,30)31)9-12-10-19(38(32,33)34)21(22(28)20(12)16)27-26-13-5-7-14(8-6-13)35-23-25-17-3-1-2-4-18(17)36-23/h1-11,28H,24H2,(H,29,30,31)(H,32,33,34). The van der Waals surface area contributed by atoms with Gasteiger partial charge in [-0.15, -0.1) is 5.11 Å². The number of benzene rings is 4. The number of anilines is 1. The highest BCUT2D eigenvalue weighted by Crippen LogP contribution is 2.44. The van der Waals surface area contributed by atoms with Gasteiger partial charge < -0.3 is 15.6 Å². The van der Waals surface area contributed by atoms with Gasteiger partial charge in [0.05, 0.1) is 20.8 Å². The lowest BCUT2D eigenvalue weighted by Gasteiger charge is -2.11. The lowest BCUT2D eigenvalue weighted by Crippen LogP contribution is -2.02. The molecular weight excluding hydrogens is 556 g/mol. The summed E-state index contributed by atoms with van der Waals surface area (Å²) in [5, 5.41) is 18.6. The van der Waals surface area contributed by atoms with Gasteiger partial charge in [-0.05, 0) is 60.0 Å². The Morgan fingerprint density at radius 3 is 2.26 bits per heavy atom. The number of hydrogen-bond acceptors (Lipinski definition) is 11. The molecule has 1 aromatic heterocycles. The lowest BCUT2D eigenvalue weighted by atomic mass is 10.1. The number of thiazole rings is 1. The van der Waals surface area contributed by atoms with Crippen LogP contribution in [-0.2, 0) is 20.2 Å². The second kappa shape index (κ2) is 9.30. The number of nitrogens with two attached hydrogens (primary N) is 1. The molecule has 0 saturated carbocycles. The summed E-state index contributed by atoms with van der Waals surface area (Å²) in [6.07, 6.45) is 0. The first kappa shape index (κ1) is 25.5. The number of phenolic OH excluding ortho intramolecular Hbond substituents is 1. The molecule has 5 N–H and O–H groups in total. The van der Waals surface area contributed by atoms with Crippen LogP contribution in [0.1, 0.15) is 0 Å². The monoisotopic (exact) mass is 572 g/mol. The van der Waals surface area contributed by atoms with E-state index in [-0.39, 0.29) is 22.1 Å². The number of aromatic nitrogens is 1. The molecule has 0 unspecified atom stereocenters. The molecule has 0 spiro atoms. The molecule has 0 aliphatic carbocycles. The van der Waals surface area contributed by atoms with Gasteiger partial charge in [0.25, 0.3) is 25.4 Å². The van der Waals surface area contributed by atoms with Crippen molar-refractivity contribution in [1.29, 1.82) is 0 Å². The predicted molar refractivity (Wildman–Crippen MR) is 140 cm³/mol. The van der Waals surface area contributed by atoms with Crippen molar-refractivity contribution in [2.75, 3.05) is 5.73 Å². The summed E-state index contributed by atoms with van der Waals surface area (Å²) in [4.78, 5) is 2.90. The average Bonchev–Trinajstić information content (AvgIpc) is 3.25. The van der Waals surface area contributed by atoms with Crippen LogP contribution in [0.5, 0.6) is 16.7 Å². The highest BCUT2D eigenvalue weighted by molar-refractivity contribution is 7.86. The summed E-state index contributed by atoms with van der Waals surface area (Å²) in [6, 6.07) is 16.4. The Labute approximate surface area is 219 Å². The van der Waals surface area contributed by atoms with E-state index in [1.165, 1.54) is 23.5 Å². The van der Waals surface area contributed by atoms with Gasteiger partial charge in [-0.2, -0.15) is 21.9 Å². The molecule has 0 aliphatic heterocycles. The normalized spacial score (nSPS) is 12.5. The number of aromatic hydroxyl groups is 1. The second-order valence-electron chi connectivity index (χ2n) is 7.88. The maximum absolute atomic E-state index is 12.0. The first-order chi connectivity index (χ1) is 17.9. The summed E-state index contributed by atoms with van der Waals surface area (Å²) in [6.45, 7) is 0. The fourth-order valence-corrected chi connectivity index (χ4v) is 5.66. The molecule has 1 heterocycles. The Balaban J connectivity index is 1.50. The zero-order valence-electron chi connectivity index (χ0n) is 18.9. The van der Waals surface area contributed by atoms with Gasteiger partial charge in [0.15, 0.2) is 5.75 Å². The van der Waals surface area contributed by atoms with Gasteiger partial charge in [-0.25, -0.2) is 4.98 Å². The third kappa shape index (κ3) is 5.00. The minimum absolute atomic E-state index is 0.154. The number of fused-ring (bicyclic) bond motifs is 2. The Kier molecular flexibility index (Phi) is 6.24. The molecule has 15 heteroatoms. The SMILES string of the molecule is Nc1cc(S(=O)(=O)O)cc2cc(S(=O)(=O)O)c(N=Nc3ccc(Oc4nc5ccccc5s4)cc3)c(O)c12. The van der Waals surface area contributed by atoms with E-state index in [9.17, 15) is 31.0 Å². The maximum atomic E-state index is 12.0. The molecule has 0 radical (unpaired) electrons. The summed E-state index contributed by atoms with van der Waals surface area (Å²) in [5.41, 5.74) is 5.99. The van der Waals surface area contributed by atoms with E-state index in [4.69, 9.17) is 10.5 Å². The zero-order valence-corrected chi connectivity index (χ0v) is 21.3. The van der Waals surface area contributed by atoms with Gasteiger partial charge in [-0.3, -0.25) is 9.11 Å². The van der Waals surface area contributed by atoms with Crippen molar-refractivity contribution in [3.8, 4) is 16.7 Å². The summed E-state index contributed by atoms with van der Waals surface area (Å²) in [5.74, 6) is -0.313. The van der Waals surface area contributed by atoms with Crippen molar-refractivity contribution < 1.29 is 35.8 Å². The molecule has 4 aromatic carbocycles. The van der Waals surface area contributed by atoms with Crippen molar-refractivity contribution in [3.05, 3.63) is 66.7 Å². The number of para-hydroxylation sites is 1. The minimum atomic E-state index is -4.96. The third-order valence-corrected chi connectivity index (χ3v) is 7.92. The van der Waals surface area contributed by atoms with Crippen LogP contribution in [0, 0.1) is 0 Å². The Hall–Kier alpha value is -4.15. The lowest BCUT2D eigenvalue weighted by molar-refractivity contribution is 0.472. The molecule has 5 rings (SSSR count). The van der Waals surface area contributed by atoms with Crippen LogP contribution in [-0.4, -0.2) is 36.0 Å². The fraction of sp³-hybridized carbons (Fsp3) is 0. The number of hydrogen-bond donors (Lipinski definition) is 4. The average molecular weight is 573 g/mol. The molecule has 0 atom stereocenters. The highest BCUT2D eigenvalue weighted by Gasteiger charge is 2.24. The highest BCUT2D eigenvalue weighted by atomic mass is 32.2. The molecule has 194 valence electrons. The number of phenols is 1. The molecule has 38 heavy (non-hydrogen) atoms. The second-order valence-corrected chi connectivity index (χ2v) is 11.7. The van der Waals surface area contributed by atoms with Crippen molar-refractivity contribution in [2.24, 2.45) is 10.2 Å². The van der Waals surface area contributed by atoms with Crippen LogP contribution in [0.2, 0.25) is 0 Å². The van der Waals surface area contributed by atoms with E-state index in [0.29, 0.717) is 10.9 Å². The topological polar surface area (TPSA) is 202 Å². The molecule has 0 saturated heterocycles. The van der Waals surface area contributed by atoms with Crippen LogP contribution >= 0.6 is 11.3 Å². The smallest absolute Gasteiger partial charge is 0.296 e. The van der Waals surface area contributed by atoms with Crippen LogP contribution in [0.4, 0.5) is 17.1 Å². The largest absolute Gasteiger partial charge is 0.505 e. The van der Waals surface area contributed by atoms with Crippen LogP contribution in [0.25, 0.3) is 21.0 Å². The summed E-state index contributed by atoms with van der Waals surface area (Å²) >= 11 is 1.37. The Bertz CT molecular complexity index is 1940. The number of nitrogen functional groups attached to an aromatic ring is 1. The van der Waals surface area contributed by atoms with Crippen molar-refractivity contribution in [3.63, 3.8) is 0 Å². The van der Waals surface area contributed by atoms with Crippen LogP contribution in [0.15, 0.2) is 86.7 Å². The van der Waals surface area contributed by atoms with E-state index in [1.54, 1.807) is 12.1 Å². The minimum Gasteiger partial charge on any atom is -0.505 e. The number of rotatable bonds is 6. The molecule has 0 amide bonds. The van der Waals surface area contributed by atoms with Gasteiger partial charge in [-0.1, -0.05) is 23.5 Å². The number of ether oxygens (including phenoxy) is 1. The van der Waals surface area contributed by atoms with Crippen molar-refractivity contribution in [1.82, 2.24) is 4.98 Å². The Morgan fingerprint density at radius 2 is 1.61 bits per heavy atom. The van der Waals surface area contributed by atoms with E-state index in [0.717, 1.165) is 28.4 Å². The third-order valence-electron chi connectivity index (χ3n) is 5.31. The summed E-state index contributed by atoms with van der Waals surface area (Å²) < 4.78 is 72.9. The molecule has 5 aromatic rings. The fourth-order valence-electron chi connectivity index (χ4n) is 3.62. The molecular formula is C23H16N4O8S3. The number of azo groups is 1. The van der Waals surface area contributed by atoms with Gasteiger partial charge in [0.2, 0.25) is 0 Å². The zero-order chi connectivity index (χ0) is 27.2. The van der Waals surface area contributed by atoms with Gasteiger partial charge in [0, 0.05) is 11.1 Å². The summed E-state index contributed by atoms with van der Waals surface area (Å²) in [7, 11) is -9.65. The number of nitrogens with zero attached hydrogens (tertiary/aromatic N) is 3. The van der Waals surface area contributed by atoms with E-state index < -0.39 is 41.5 Å². The predicted octanol–water partition coefficient (Wildman–Crippen LogP) is 5.44. The quantitative estimate of drug-likeness (QED) is 0.115. The van der Waals surface area contributed by atoms with E-state index in [1.807, 2.05) is 24.3 Å². The van der Waals surface area contributed by atoms with Gasteiger partial charge >= 0.3 is 0 Å². The molecule has 0 aliphatic rings. The molecule has 0 bridgehead atoms. The molecule has 12 nitrogen and oxygen atoms in total. The van der Waals surface area contributed by atoms with Crippen LogP contribution in [0.3, 0.4) is 0 Å². The van der Waals surface area contributed by atoms with Crippen molar-refractivity contribution >= 4 is 69.6 Å².